The Bertz CT molecular complexity index is 1910. The summed E-state index contributed by atoms with van der Waals surface area (Å²) in [5.41, 5.74) is 5.00. The number of carbonyl (C=O) groups excluding carboxylic acids is 1. The summed E-state index contributed by atoms with van der Waals surface area (Å²) in [6.07, 6.45) is 5.97. The fourth-order valence-corrected chi connectivity index (χ4v) is 6.50. The molecule has 2 saturated heterocycles. The molecule has 4 aromatic heterocycles. The summed E-state index contributed by atoms with van der Waals surface area (Å²) < 4.78 is 61.4. The van der Waals surface area contributed by atoms with E-state index in [1.807, 2.05) is 13.8 Å². The summed E-state index contributed by atoms with van der Waals surface area (Å²) >= 11 is 2.24. The van der Waals surface area contributed by atoms with Crippen molar-refractivity contribution in [2.24, 2.45) is 0 Å². The van der Waals surface area contributed by atoms with Crippen LogP contribution in [0.25, 0.3) is 0 Å². The second-order valence-electron chi connectivity index (χ2n) is 12.7. The standard InChI is InChI=1S/C19H27N5O4S.C14H19N5O2S.ClH/c1-12-6-13(27-16-7-15(26-5)21-11-22-16)9-24(12)10-14-8-20-17(29-14)23-18(25)28-19(2,3)4;1-9-3-10(21-13-4-12(20-2)17-8-18-13)6-19(9)7-11-5-16-14(15)22-11;/h7-8,11-13H,6,9-10H2,1-5H3,(H,20,23,25);4-5,8-10H,3,6-7H2,1-2H3,(H2,15,16);1H/t12-,13+;9-,10+;/m00./s1/i10D2;7D2;. The zero-order valence-electron chi connectivity index (χ0n) is 33.9. The number of anilines is 2. The minimum absolute atomic E-state index is 0. The minimum Gasteiger partial charge on any atom is -0.481 e. The third-order valence-electron chi connectivity index (χ3n) is 7.44. The van der Waals surface area contributed by atoms with Gasteiger partial charge >= 0.3 is 6.09 Å². The predicted octanol–water partition coefficient (Wildman–Crippen LogP) is 5.32. The number of nitrogens with one attached hydrogen (secondary N) is 1. The number of carbonyl (C=O) groups is 1. The van der Waals surface area contributed by atoms with Gasteiger partial charge in [0.15, 0.2) is 10.3 Å². The number of hydrogen-bond acceptors (Lipinski definition) is 17. The summed E-state index contributed by atoms with van der Waals surface area (Å²) in [7, 11) is 3.04. The molecule has 0 spiro atoms. The normalized spacial score (nSPS) is 22.0. The molecule has 1 amide bonds. The Hall–Kier alpha value is -4.10. The van der Waals surface area contributed by atoms with Crippen molar-refractivity contribution in [1.82, 2.24) is 39.7 Å². The number of nitrogen functional groups attached to an aromatic ring is 1. The van der Waals surface area contributed by atoms with Gasteiger partial charge in [-0.2, -0.15) is 0 Å². The van der Waals surface area contributed by atoms with Gasteiger partial charge in [0.05, 0.1) is 26.4 Å². The molecule has 2 aliphatic heterocycles. The van der Waals surface area contributed by atoms with Gasteiger partial charge in [-0.05, 0) is 34.6 Å². The van der Waals surface area contributed by atoms with Crippen molar-refractivity contribution in [3.63, 3.8) is 0 Å². The van der Waals surface area contributed by atoms with Gasteiger partial charge in [0, 0.05) is 78.6 Å². The molecule has 2 fully saturated rings. The molecular weight excluding hydrogens is 732 g/mol. The monoisotopic (exact) mass is 782 g/mol. The first-order chi connectivity index (χ1) is 25.9. The third-order valence-corrected chi connectivity index (χ3v) is 8.99. The maximum atomic E-state index is 12.0. The van der Waals surface area contributed by atoms with E-state index < -0.39 is 24.7 Å². The van der Waals surface area contributed by atoms with E-state index in [2.05, 4.69) is 35.2 Å². The van der Waals surface area contributed by atoms with Crippen LogP contribution in [0, 0.1) is 0 Å². The quantitative estimate of drug-likeness (QED) is 0.199. The second-order valence-corrected chi connectivity index (χ2v) is 14.8. The van der Waals surface area contributed by atoms with Crippen molar-refractivity contribution >= 4 is 51.4 Å². The molecule has 19 heteroatoms. The summed E-state index contributed by atoms with van der Waals surface area (Å²) in [4.78, 5) is 40.5. The molecule has 16 nitrogen and oxygen atoms in total. The smallest absolute Gasteiger partial charge is 0.413 e. The molecule has 0 aliphatic carbocycles. The molecule has 0 unspecified atom stereocenters. The molecule has 0 saturated carbocycles. The van der Waals surface area contributed by atoms with E-state index in [0.717, 1.165) is 11.3 Å². The molecule has 0 radical (unpaired) electrons. The summed E-state index contributed by atoms with van der Waals surface area (Å²) in [6, 6.07) is 3.15. The number of likely N-dealkylation sites (tertiary alicyclic amines) is 2. The van der Waals surface area contributed by atoms with Gasteiger partial charge in [0.2, 0.25) is 23.5 Å². The summed E-state index contributed by atoms with van der Waals surface area (Å²) in [5.74, 6) is 1.63. The number of hydrogen-bond donors (Lipinski definition) is 2. The molecule has 2 aliphatic rings. The van der Waals surface area contributed by atoms with Gasteiger partial charge in [-0.15, -0.1) is 35.1 Å². The van der Waals surface area contributed by atoms with Crippen molar-refractivity contribution in [1.29, 1.82) is 0 Å². The lowest BCUT2D eigenvalue weighted by atomic mass is 10.2. The molecule has 52 heavy (non-hydrogen) atoms. The summed E-state index contributed by atoms with van der Waals surface area (Å²) in [5, 5.41) is 3.20. The van der Waals surface area contributed by atoms with Crippen LogP contribution in [0.4, 0.5) is 15.1 Å². The molecule has 4 atom stereocenters. The molecule has 6 heterocycles. The Labute approximate surface area is 323 Å². The fourth-order valence-electron chi connectivity index (χ4n) is 5.18. The van der Waals surface area contributed by atoms with Crippen LogP contribution < -0.4 is 30.0 Å². The maximum absolute atomic E-state index is 12.0. The van der Waals surface area contributed by atoms with Crippen molar-refractivity contribution in [3.8, 4) is 23.5 Å². The van der Waals surface area contributed by atoms with E-state index >= 15 is 0 Å². The van der Waals surface area contributed by atoms with Gasteiger partial charge in [-0.3, -0.25) is 15.1 Å². The first-order valence-corrected chi connectivity index (χ1v) is 17.8. The Morgan fingerprint density at radius 1 is 0.846 bits per heavy atom. The number of thiazole rings is 2. The number of nitrogens with two attached hydrogens (primary N) is 1. The first-order valence-electron chi connectivity index (χ1n) is 18.1. The van der Waals surface area contributed by atoms with Crippen LogP contribution in [0.5, 0.6) is 23.5 Å². The Kier molecular flexibility index (Phi) is 12.5. The third kappa shape index (κ3) is 12.3. The van der Waals surface area contributed by atoms with Crippen molar-refractivity contribution in [2.75, 3.05) is 38.4 Å². The fraction of sp³-hybridized carbons (Fsp3) is 0.545. The van der Waals surface area contributed by atoms with Gasteiger partial charge < -0.3 is 29.4 Å². The number of methoxy groups -OCH3 is 2. The van der Waals surface area contributed by atoms with E-state index in [1.165, 1.54) is 50.6 Å². The number of amides is 1. The van der Waals surface area contributed by atoms with Gasteiger partial charge in [-0.25, -0.2) is 34.7 Å². The number of ether oxygens (including phenoxy) is 5. The van der Waals surface area contributed by atoms with E-state index in [-0.39, 0.29) is 41.8 Å². The molecule has 0 aromatic carbocycles. The SMILES string of the molecule is Cl.[2H]C([2H])(c1cnc(N)s1)N1C[C@H](Oc2cc(OC)ncn2)C[C@@H]1C.[2H]C([2H])(c1cnc(NC(=O)OC(C)(C)C)s1)N1C[C@H](Oc2cc(OC)ncn2)C[C@@H]1C. The lowest BCUT2D eigenvalue weighted by molar-refractivity contribution is 0.0636. The Balaban J connectivity index is 0.000000252. The van der Waals surface area contributed by atoms with E-state index in [0.29, 0.717) is 64.3 Å². The highest BCUT2D eigenvalue weighted by Gasteiger charge is 2.32. The molecule has 6 rings (SSSR count). The van der Waals surface area contributed by atoms with Crippen LogP contribution >= 0.6 is 35.1 Å². The van der Waals surface area contributed by atoms with Crippen LogP contribution in [0.2, 0.25) is 0 Å². The van der Waals surface area contributed by atoms with Gasteiger partial charge in [0.25, 0.3) is 0 Å². The average Bonchev–Trinajstić information content (AvgIpc) is 3.92. The Morgan fingerprint density at radius 2 is 1.33 bits per heavy atom. The summed E-state index contributed by atoms with van der Waals surface area (Å²) in [6.45, 7) is 6.61. The zero-order valence-corrected chi connectivity index (χ0v) is 32.4. The van der Waals surface area contributed by atoms with Gasteiger partial charge in [0.1, 0.15) is 30.5 Å². The van der Waals surface area contributed by atoms with Gasteiger partial charge in [-0.1, -0.05) is 0 Å². The van der Waals surface area contributed by atoms with Crippen molar-refractivity contribution in [2.45, 2.75) is 90.3 Å². The van der Waals surface area contributed by atoms with Crippen LogP contribution in [-0.2, 0) is 17.7 Å². The topological polar surface area (TPSA) is 185 Å². The van der Waals surface area contributed by atoms with Crippen LogP contribution in [0.3, 0.4) is 0 Å². The second kappa shape index (κ2) is 18.6. The van der Waals surface area contributed by atoms with Crippen LogP contribution in [0.15, 0.2) is 37.2 Å². The number of halogens is 1. The van der Waals surface area contributed by atoms with E-state index in [4.69, 9.17) is 34.9 Å². The number of nitrogens with zero attached hydrogens (tertiary/aromatic N) is 8. The van der Waals surface area contributed by atoms with E-state index in [1.54, 1.807) is 42.7 Å². The molecule has 284 valence electrons. The minimum atomic E-state index is -1.79. The van der Waals surface area contributed by atoms with Crippen molar-refractivity contribution < 1.29 is 34.0 Å². The van der Waals surface area contributed by atoms with Crippen molar-refractivity contribution in [3.05, 3.63) is 46.9 Å². The molecule has 4 aromatic rings. The lowest BCUT2D eigenvalue weighted by Gasteiger charge is -2.19. The predicted molar refractivity (Wildman–Crippen MR) is 201 cm³/mol. The highest BCUT2D eigenvalue weighted by Crippen LogP contribution is 2.28. The van der Waals surface area contributed by atoms with E-state index in [9.17, 15) is 4.79 Å². The van der Waals surface area contributed by atoms with Crippen LogP contribution in [-0.4, -0.2) is 103 Å². The van der Waals surface area contributed by atoms with Crippen LogP contribution in [0.1, 0.15) is 62.7 Å². The Morgan fingerprint density at radius 3 is 1.79 bits per heavy atom. The molecule has 3 N–H and O–H groups in total. The number of aromatic nitrogens is 6. The molecular formula is C33H47ClN10O6S2. The highest BCUT2D eigenvalue weighted by atomic mass is 35.5. The zero-order chi connectivity index (χ0) is 40.1. The number of rotatable bonds is 11. The largest absolute Gasteiger partial charge is 0.481 e. The maximum Gasteiger partial charge on any atom is 0.413 e. The lowest BCUT2D eigenvalue weighted by Crippen LogP contribution is -2.27. The highest BCUT2D eigenvalue weighted by molar-refractivity contribution is 7.15. The first kappa shape index (κ1) is 35.0. The molecule has 0 bridgehead atoms. The average molecular weight is 783 g/mol.